The first-order chi connectivity index (χ1) is 12.0. The van der Waals surface area contributed by atoms with E-state index in [-0.39, 0.29) is 5.41 Å². The summed E-state index contributed by atoms with van der Waals surface area (Å²) < 4.78 is 0.351. The Labute approximate surface area is 163 Å². The number of hydrogen-bond donors (Lipinski definition) is 0. The van der Waals surface area contributed by atoms with E-state index in [4.69, 9.17) is 0 Å². The van der Waals surface area contributed by atoms with Crippen LogP contribution in [0.4, 0.5) is 0 Å². The number of fused-ring (bicyclic) bond motifs is 1. The third-order valence-corrected chi connectivity index (χ3v) is 9.36. The highest BCUT2D eigenvalue weighted by Gasteiger charge is 2.57. The van der Waals surface area contributed by atoms with Crippen LogP contribution in [0.5, 0.6) is 0 Å². The second kappa shape index (κ2) is 5.82. The van der Waals surface area contributed by atoms with Crippen LogP contribution in [0.1, 0.15) is 74.8 Å². The first-order valence-corrected chi connectivity index (χ1v) is 11.7. The molecule has 4 fully saturated rings. The second-order valence-electron chi connectivity index (χ2n) is 9.35. The molecule has 136 valence electrons. The standard InChI is InChI=1S/C21H28BrNOS/c1-2-17-16-4-6-25-18(16)3-5-23(17)19(24)12-20-8-14-7-15(9-20)11-21(22,10-14)13-20/h4,6,14-15,17H,2-3,5,7-13H2,1H3. The van der Waals surface area contributed by atoms with Crippen molar-refractivity contribution >= 4 is 33.2 Å². The predicted octanol–water partition coefficient (Wildman–Crippen LogP) is 5.71. The van der Waals surface area contributed by atoms with Crippen molar-refractivity contribution in [2.75, 3.05) is 6.54 Å². The fourth-order valence-corrected chi connectivity index (χ4v) is 9.54. The average Bonchev–Trinajstić information content (AvgIpc) is 2.99. The molecular weight excluding hydrogens is 394 g/mol. The molecule has 0 aromatic carbocycles. The number of carbonyl (C=O) groups excluding carboxylic acids is 1. The Kier molecular flexibility index (Phi) is 3.91. The number of alkyl halides is 1. The van der Waals surface area contributed by atoms with Gasteiger partial charge in [0.2, 0.25) is 5.91 Å². The zero-order valence-corrected chi connectivity index (χ0v) is 17.5. The van der Waals surface area contributed by atoms with Crippen molar-refractivity contribution in [1.82, 2.24) is 4.90 Å². The van der Waals surface area contributed by atoms with Crippen molar-refractivity contribution in [1.29, 1.82) is 0 Å². The molecule has 5 aliphatic rings. The average molecular weight is 422 g/mol. The Morgan fingerprint density at radius 3 is 2.76 bits per heavy atom. The van der Waals surface area contributed by atoms with Crippen molar-refractivity contribution in [3.63, 3.8) is 0 Å². The molecule has 1 amide bonds. The van der Waals surface area contributed by atoms with E-state index in [1.165, 1.54) is 49.0 Å². The SMILES string of the molecule is CCC1c2ccsc2CCN1C(=O)CC12CC3CC(CC(Br)(C3)C1)C2. The van der Waals surface area contributed by atoms with Crippen molar-refractivity contribution in [3.8, 4) is 0 Å². The zero-order valence-electron chi connectivity index (χ0n) is 15.1. The van der Waals surface area contributed by atoms with Crippen molar-refractivity contribution in [2.24, 2.45) is 17.3 Å². The maximum Gasteiger partial charge on any atom is 0.223 e. The molecule has 1 aromatic rings. The highest BCUT2D eigenvalue weighted by Crippen LogP contribution is 2.65. The fourth-order valence-electron chi connectivity index (χ4n) is 7.10. The van der Waals surface area contributed by atoms with Crippen LogP contribution < -0.4 is 0 Å². The molecule has 0 radical (unpaired) electrons. The molecule has 1 aliphatic heterocycles. The Hall–Kier alpha value is -0.350. The quantitative estimate of drug-likeness (QED) is 0.572. The topological polar surface area (TPSA) is 20.3 Å². The van der Waals surface area contributed by atoms with Gasteiger partial charge in [0, 0.05) is 22.2 Å². The molecule has 0 spiro atoms. The Balaban J connectivity index is 1.37. The summed E-state index contributed by atoms with van der Waals surface area (Å²) in [5.74, 6) is 2.15. The lowest BCUT2D eigenvalue weighted by atomic mass is 9.48. The van der Waals surface area contributed by atoms with Gasteiger partial charge in [0.1, 0.15) is 0 Å². The Bertz CT molecular complexity index is 684. The normalized spacial score (nSPS) is 41.8. The lowest BCUT2D eigenvalue weighted by molar-refractivity contribution is -0.141. The summed E-state index contributed by atoms with van der Waals surface area (Å²) in [7, 11) is 0. The van der Waals surface area contributed by atoms with Gasteiger partial charge in [-0.2, -0.15) is 0 Å². The minimum Gasteiger partial charge on any atom is -0.335 e. The summed E-state index contributed by atoms with van der Waals surface area (Å²) in [4.78, 5) is 17.1. The van der Waals surface area contributed by atoms with Crippen LogP contribution in [-0.2, 0) is 11.2 Å². The van der Waals surface area contributed by atoms with Gasteiger partial charge in [0.05, 0.1) is 6.04 Å². The van der Waals surface area contributed by atoms with Gasteiger partial charge in [0.25, 0.3) is 0 Å². The van der Waals surface area contributed by atoms with Crippen molar-refractivity contribution < 1.29 is 4.79 Å². The van der Waals surface area contributed by atoms with E-state index in [1.807, 2.05) is 11.3 Å². The third-order valence-electron chi connectivity index (χ3n) is 7.44. The number of amides is 1. The number of carbonyl (C=O) groups is 1. The van der Waals surface area contributed by atoms with Crippen LogP contribution in [-0.4, -0.2) is 21.7 Å². The molecule has 4 aliphatic carbocycles. The van der Waals surface area contributed by atoms with E-state index in [0.717, 1.165) is 37.6 Å². The molecule has 0 saturated heterocycles. The van der Waals surface area contributed by atoms with Crippen LogP contribution in [0, 0.1) is 17.3 Å². The van der Waals surface area contributed by atoms with Crippen molar-refractivity contribution in [2.45, 2.75) is 75.1 Å². The molecule has 3 atom stereocenters. The summed E-state index contributed by atoms with van der Waals surface area (Å²) >= 11 is 5.97. The number of nitrogens with zero attached hydrogens (tertiary/aromatic N) is 1. The number of thiophene rings is 1. The Morgan fingerprint density at radius 2 is 2.08 bits per heavy atom. The molecule has 0 N–H and O–H groups in total. The molecule has 1 aromatic heterocycles. The molecule has 4 saturated carbocycles. The van der Waals surface area contributed by atoms with E-state index in [9.17, 15) is 4.79 Å². The maximum atomic E-state index is 13.4. The van der Waals surface area contributed by atoms with Gasteiger partial charge in [0.15, 0.2) is 0 Å². The first-order valence-electron chi connectivity index (χ1n) is 10.0. The summed E-state index contributed by atoms with van der Waals surface area (Å²) in [6.07, 6.45) is 10.8. The zero-order chi connectivity index (χ0) is 17.2. The van der Waals surface area contributed by atoms with Gasteiger partial charge in [-0.25, -0.2) is 0 Å². The van der Waals surface area contributed by atoms with Gasteiger partial charge in [-0.1, -0.05) is 22.9 Å². The molecule has 25 heavy (non-hydrogen) atoms. The largest absolute Gasteiger partial charge is 0.335 e. The first kappa shape index (κ1) is 16.8. The van der Waals surface area contributed by atoms with Crippen molar-refractivity contribution in [3.05, 3.63) is 21.9 Å². The van der Waals surface area contributed by atoms with Gasteiger partial charge >= 0.3 is 0 Å². The van der Waals surface area contributed by atoms with Crippen LogP contribution in [0.3, 0.4) is 0 Å². The predicted molar refractivity (Wildman–Crippen MR) is 106 cm³/mol. The lowest BCUT2D eigenvalue weighted by Gasteiger charge is -2.60. The smallest absolute Gasteiger partial charge is 0.223 e. The molecule has 2 heterocycles. The fraction of sp³-hybridized carbons (Fsp3) is 0.762. The Morgan fingerprint density at radius 1 is 1.32 bits per heavy atom. The highest BCUT2D eigenvalue weighted by atomic mass is 79.9. The number of hydrogen-bond acceptors (Lipinski definition) is 2. The molecule has 4 bridgehead atoms. The van der Waals surface area contributed by atoms with Gasteiger partial charge in [-0.15, -0.1) is 11.3 Å². The third kappa shape index (κ3) is 2.74. The number of halogens is 1. The van der Waals surface area contributed by atoms with Crippen LogP contribution in [0.25, 0.3) is 0 Å². The van der Waals surface area contributed by atoms with E-state index in [2.05, 4.69) is 39.2 Å². The molecule has 3 unspecified atom stereocenters. The minimum absolute atomic E-state index is 0.290. The van der Waals surface area contributed by atoms with E-state index >= 15 is 0 Å². The van der Waals surface area contributed by atoms with Gasteiger partial charge < -0.3 is 4.90 Å². The summed E-state index contributed by atoms with van der Waals surface area (Å²) in [6, 6.07) is 2.57. The molecule has 4 heteroatoms. The molecular formula is C21H28BrNOS. The number of rotatable bonds is 3. The van der Waals surface area contributed by atoms with Crippen LogP contribution >= 0.6 is 27.3 Å². The lowest BCUT2D eigenvalue weighted by Crippen LogP contribution is -2.54. The van der Waals surface area contributed by atoms with E-state index < -0.39 is 0 Å². The van der Waals surface area contributed by atoms with Crippen LogP contribution in [0.2, 0.25) is 0 Å². The van der Waals surface area contributed by atoms with Gasteiger partial charge in [-0.05, 0) is 85.6 Å². The second-order valence-corrected chi connectivity index (χ2v) is 12.0. The molecule has 2 nitrogen and oxygen atoms in total. The summed E-state index contributed by atoms with van der Waals surface area (Å²) in [5, 5.41) is 2.20. The summed E-state index contributed by atoms with van der Waals surface area (Å²) in [5.41, 5.74) is 1.72. The highest BCUT2D eigenvalue weighted by molar-refractivity contribution is 9.10. The van der Waals surface area contributed by atoms with Gasteiger partial charge in [-0.3, -0.25) is 4.79 Å². The maximum absolute atomic E-state index is 13.4. The van der Waals surface area contributed by atoms with E-state index in [1.54, 1.807) is 0 Å². The van der Waals surface area contributed by atoms with Crippen LogP contribution in [0.15, 0.2) is 11.4 Å². The minimum atomic E-state index is 0.290. The molecule has 6 rings (SSSR count). The van der Waals surface area contributed by atoms with E-state index in [0.29, 0.717) is 16.3 Å². The monoisotopic (exact) mass is 421 g/mol. The summed E-state index contributed by atoms with van der Waals surface area (Å²) in [6.45, 7) is 3.16.